The Morgan fingerprint density at radius 3 is 2.54 bits per heavy atom. The minimum Gasteiger partial charge on any atom is -0.508 e. The molecule has 1 N–H and O–H groups in total. The number of allylic oxidation sites excluding steroid dienone is 1. The number of phenols is 1. The summed E-state index contributed by atoms with van der Waals surface area (Å²) in [6.45, 7) is 0. The molecule has 0 spiro atoms. The first-order chi connectivity index (χ1) is 6.27. The van der Waals surface area contributed by atoms with E-state index in [1.165, 1.54) is 24.3 Å². The van der Waals surface area contributed by atoms with Gasteiger partial charge in [-0.05, 0) is 23.8 Å². The van der Waals surface area contributed by atoms with Crippen LogP contribution in [0.3, 0.4) is 0 Å². The SMILES string of the molecule is O=C/C=C/c1ccc(O)cc1C=O. The Kier molecular flexibility index (Phi) is 2.97. The number of aromatic hydroxyl groups is 1. The van der Waals surface area contributed by atoms with Crippen LogP contribution in [0.5, 0.6) is 5.75 Å². The van der Waals surface area contributed by atoms with Crippen LogP contribution in [0.4, 0.5) is 0 Å². The van der Waals surface area contributed by atoms with Gasteiger partial charge in [-0.15, -0.1) is 0 Å². The highest BCUT2D eigenvalue weighted by atomic mass is 16.3. The quantitative estimate of drug-likeness (QED) is 0.559. The smallest absolute Gasteiger partial charge is 0.150 e. The molecular weight excluding hydrogens is 168 g/mol. The maximum atomic E-state index is 10.5. The molecule has 3 nitrogen and oxygen atoms in total. The van der Waals surface area contributed by atoms with E-state index in [4.69, 9.17) is 5.11 Å². The second-order valence-corrected chi connectivity index (χ2v) is 2.43. The molecule has 0 aliphatic heterocycles. The number of aldehydes is 2. The van der Waals surface area contributed by atoms with E-state index < -0.39 is 0 Å². The zero-order chi connectivity index (χ0) is 9.68. The molecule has 1 rings (SSSR count). The molecule has 0 saturated carbocycles. The molecule has 0 amide bonds. The van der Waals surface area contributed by atoms with Gasteiger partial charge in [-0.25, -0.2) is 0 Å². The highest BCUT2D eigenvalue weighted by Gasteiger charge is 1.98. The van der Waals surface area contributed by atoms with Gasteiger partial charge < -0.3 is 5.11 Å². The maximum Gasteiger partial charge on any atom is 0.150 e. The first-order valence-electron chi connectivity index (χ1n) is 3.68. The minimum atomic E-state index is 0.0327. The van der Waals surface area contributed by atoms with Crippen LogP contribution in [0, 0.1) is 0 Å². The lowest BCUT2D eigenvalue weighted by molar-refractivity contribution is -0.104. The van der Waals surface area contributed by atoms with Crippen molar-refractivity contribution in [2.75, 3.05) is 0 Å². The molecule has 0 bridgehead atoms. The zero-order valence-electron chi connectivity index (χ0n) is 6.81. The molecule has 0 fully saturated rings. The van der Waals surface area contributed by atoms with Crippen LogP contribution >= 0.6 is 0 Å². The Morgan fingerprint density at radius 2 is 1.92 bits per heavy atom. The topological polar surface area (TPSA) is 54.4 Å². The fourth-order valence-electron chi connectivity index (χ4n) is 0.959. The van der Waals surface area contributed by atoms with Gasteiger partial charge in [0.05, 0.1) is 0 Å². The molecule has 66 valence electrons. The second kappa shape index (κ2) is 4.21. The number of phenolic OH excluding ortho intramolecular Hbond substituents is 1. The van der Waals surface area contributed by atoms with E-state index in [0.29, 0.717) is 23.7 Å². The first-order valence-corrected chi connectivity index (χ1v) is 3.68. The van der Waals surface area contributed by atoms with Crippen molar-refractivity contribution in [2.45, 2.75) is 0 Å². The summed E-state index contributed by atoms with van der Waals surface area (Å²) in [6, 6.07) is 4.37. The number of hydrogen-bond donors (Lipinski definition) is 1. The summed E-state index contributed by atoms with van der Waals surface area (Å²) in [5.41, 5.74) is 0.970. The Hall–Kier alpha value is -1.90. The summed E-state index contributed by atoms with van der Waals surface area (Å²) in [5, 5.41) is 9.04. The van der Waals surface area contributed by atoms with Gasteiger partial charge in [0.2, 0.25) is 0 Å². The van der Waals surface area contributed by atoms with Gasteiger partial charge in [0, 0.05) is 5.56 Å². The molecule has 0 aromatic heterocycles. The third-order valence-corrected chi connectivity index (χ3v) is 1.55. The number of carbonyl (C=O) groups is 2. The van der Waals surface area contributed by atoms with Gasteiger partial charge in [-0.3, -0.25) is 9.59 Å². The molecule has 0 unspecified atom stereocenters. The van der Waals surface area contributed by atoms with E-state index in [0.717, 1.165) is 0 Å². The average Bonchev–Trinajstić information content (AvgIpc) is 2.16. The number of rotatable bonds is 3. The van der Waals surface area contributed by atoms with E-state index in [2.05, 4.69) is 0 Å². The Morgan fingerprint density at radius 1 is 1.15 bits per heavy atom. The molecule has 1 aromatic carbocycles. The lowest BCUT2D eigenvalue weighted by Crippen LogP contribution is -1.85. The summed E-state index contributed by atoms with van der Waals surface area (Å²) in [7, 11) is 0. The van der Waals surface area contributed by atoms with Crippen molar-refractivity contribution in [1.29, 1.82) is 0 Å². The number of hydrogen-bond acceptors (Lipinski definition) is 3. The number of benzene rings is 1. The van der Waals surface area contributed by atoms with E-state index in [9.17, 15) is 9.59 Å². The number of carbonyl (C=O) groups excluding carboxylic acids is 2. The average molecular weight is 176 g/mol. The molecule has 0 aliphatic rings. The monoisotopic (exact) mass is 176 g/mol. The molecular formula is C10H8O3. The van der Waals surface area contributed by atoms with E-state index >= 15 is 0 Å². The summed E-state index contributed by atoms with van der Waals surface area (Å²) in [6.07, 6.45) is 4.06. The third-order valence-electron chi connectivity index (χ3n) is 1.55. The van der Waals surface area contributed by atoms with Crippen LogP contribution in [0.2, 0.25) is 0 Å². The maximum absolute atomic E-state index is 10.5. The fraction of sp³-hybridized carbons (Fsp3) is 0. The third kappa shape index (κ3) is 2.27. The Bertz CT molecular complexity index is 353. The van der Waals surface area contributed by atoms with Crippen LogP contribution in [-0.2, 0) is 4.79 Å². The standard InChI is InChI=1S/C10H8O3/c11-5-1-2-8-3-4-10(13)6-9(8)7-12/h1-7,13H/b2-1+. The van der Waals surface area contributed by atoms with Gasteiger partial charge in [0.1, 0.15) is 12.0 Å². The summed E-state index contributed by atoms with van der Waals surface area (Å²) in [5.74, 6) is 0.0327. The molecule has 0 radical (unpaired) electrons. The molecule has 0 aliphatic carbocycles. The zero-order valence-corrected chi connectivity index (χ0v) is 6.81. The van der Waals surface area contributed by atoms with Gasteiger partial charge in [0.25, 0.3) is 0 Å². The Labute approximate surface area is 75.3 Å². The van der Waals surface area contributed by atoms with Crippen molar-refractivity contribution in [3.05, 3.63) is 35.4 Å². The predicted octanol–water partition coefficient (Wildman–Crippen LogP) is 1.42. The van der Waals surface area contributed by atoms with Gasteiger partial charge in [-0.2, -0.15) is 0 Å². The lowest BCUT2D eigenvalue weighted by atomic mass is 10.1. The first kappa shape index (κ1) is 9.19. The van der Waals surface area contributed by atoms with Crippen LogP contribution in [0.15, 0.2) is 24.3 Å². The summed E-state index contributed by atoms with van der Waals surface area (Å²) < 4.78 is 0. The second-order valence-electron chi connectivity index (χ2n) is 2.43. The van der Waals surface area contributed by atoms with Crippen LogP contribution in [-0.4, -0.2) is 17.7 Å². The van der Waals surface area contributed by atoms with Crippen molar-refractivity contribution in [2.24, 2.45) is 0 Å². The van der Waals surface area contributed by atoms with Crippen molar-refractivity contribution in [1.82, 2.24) is 0 Å². The van der Waals surface area contributed by atoms with Crippen molar-refractivity contribution in [3.63, 3.8) is 0 Å². The molecule has 3 heteroatoms. The van der Waals surface area contributed by atoms with Gasteiger partial charge in [0.15, 0.2) is 6.29 Å². The van der Waals surface area contributed by atoms with E-state index in [-0.39, 0.29) is 5.75 Å². The van der Waals surface area contributed by atoms with Crippen LogP contribution in [0.25, 0.3) is 6.08 Å². The highest BCUT2D eigenvalue weighted by molar-refractivity contribution is 5.85. The molecule has 0 atom stereocenters. The Balaban J connectivity index is 3.12. The van der Waals surface area contributed by atoms with E-state index in [1.807, 2.05) is 0 Å². The predicted molar refractivity (Wildman–Crippen MR) is 48.6 cm³/mol. The summed E-state index contributed by atoms with van der Waals surface area (Å²) in [4.78, 5) is 20.5. The van der Waals surface area contributed by atoms with Crippen molar-refractivity contribution in [3.8, 4) is 5.75 Å². The van der Waals surface area contributed by atoms with Crippen molar-refractivity contribution >= 4 is 18.6 Å². The molecule has 13 heavy (non-hydrogen) atoms. The largest absolute Gasteiger partial charge is 0.508 e. The van der Waals surface area contributed by atoms with Gasteiger partial charge in [-0.1, -0.05) is 12.1 Å². The molecule has 0 saturated heterocycles. The minimum absolute atomic E-state index is 0.0327. The fourth-order valence-corrected chi connectivity index (χ4v) is 0.959. The van der Waals surface area contributed by atoms with Crippen molar-refractivity contribution < 1.29 is 14.7 Å². The van der Waals surface area contributed by atoms with E-state index in [1.54, 1.807) is 6.07 Å². The van der Waals surface area contributed by atoms with Crippen LogP contribution in [0.1, 0.15) is 15.9 Å². The molecule has 1 aromatic rings. The molecule has 0 heterocycles. The lowest BCUT2D eigenvalue weighted by Gasteiger charge is -1.98. The normalized spacial score (nSPS) is 10.2. The highest BCUT2D eigenvalue weighted by Crippen LogP contribution is 2.15. The van der Waals surface area contributed by atoms with Crippen LogP contribution < -0.4 is 0 Å². The van der Waals surface area contributed by atoms with Gasteiger partial charge >= 0.3 is 0 Å². The summed E-state index contributed by atoms with van der Waals surface area (Å²) >= 11 is 0.